The summed E-state index contributed by atoms with van der Waals surface area (Å²) in [5, 5.41) is 0. The number of ether oxygens (including phenoxy) is 2. The fraction of sp³-hybridized carbons (Fsp3) is 0.300. The zero-order valence-corrected chi connectivity index (χ0v) is 8.81. The van der Waals surface area contributed by atoms with E-state index < -0.39 is 17.6 Å². The van der Waals surface area contributed by atoms with Crippen molar-refractivity contribution in [3.05, 3.63) is 28.3 Å². The van der Waals surface area contributed by atoms with Crippen molar-refractivity contribution in [2.45, 2.75) is 20.5 Å². The van der Waals surface area contributed by atoms with E-state index in [2.05, 4.69) is 9.47 Å². The lowest BCUT2D eigenvalue weighted by molar-refractivity contribution is -0.142. The minimum atomic E-state index is -0.792. The second-order valence-corrected chi connectivity index (χ2v) is 2.93. The molecular weight excluding hydrogens is 216 g/mol. The molecular formula is C10H10O6. The summed E-state index contributed by atoms with van der Waals surface area (Å²) in [4.78, 5) is 32.3. The van der Waals surface area contributed by atoms with Crippen LogP contribution in [0.3, 0.4) is 0 Å². The van der Waals surface area contributed by atoms with Gasteiger partial charge in [0, 0.05) is 13.8 Å². The molecule has 0 N–H and O–H groups in total. The summed E-state index contributed by atoms with van der Waals surface area (Å²) in [6, 6.07) is 2.68. The van der Waals surface area contributed by atoms with Crippen LogP contribution in [0.25, 0.3) is 0 Å². The summed E-state index contributed by atoms with van der Waals surface area (Å²) in [5.74, 6) is -1.11. The van der Waals surface area contributed by atoms with E-state index in [0.29, 0.717) is 0 Å². The smallest absolute Gasteiger partial charge is 0.379 e. The average molecular weight is 226 g/mol. The zero-order valence-electron chi connectivity index (χ0n) is 8.81. The quantitative estimate of drug-likeness (QED) is 0.703. The molecule has 6 heteroatoms. The maximum absolute atomic E-state index is 11.2. The largest absolute Gasteiger partial charge is 0.458 e. The maximum Gasteiger partial charge on any atom is 0.379 e. The summed E-state index contributed by atoms with van der Waals surface area (Å²) in [5.41, 5.74) is -0.792. The molecule has 0 aliphatic heterocycles. The summed E-state index contributed by atoms with van der Waals surface area (Å²) >= 11 is 0. The first-order valence-corrected chi connectivity index (χ1v) is 4.44. The fourth-order valence-corrected chi connectivity index (χ4v) is 0.921. The van der Waals surface area contributed by atoms with Gasteiger partial charge in [0.25, 0.3) is 0 Å². The van der Waals surface area contributed by atoms with Gasteiger partial charge in [-0.25, -0.2) is 4.79 Å². The highest BCUT2D eigenvalue weighted by Gasteiger charge is 2.07. The number of rotatable bonds is 3. The monoisotopic (exact) mass is 226 g/mol. The molecule has 0 saturated heterocycles. The van der Waals surface area contributed by atoms with Crippen LogP contribution in [0.5, 0.6) is 5.75 Å². The SMILES string of the molecule is CC(=O)OCc1ccc(OC(C)=O)c(=O)o1. The van der Waals surface area contributed by atoms with Crippen molar-refractivity contribution >= 4 is 11.9 Å². The van der Waals surface area contributed by atoms with Gasteiger partial charge in [-0.3, -0.25) is 9.59 Å². The Morgan fingerprint density at radius 1 is 1.25 bits per heavy atom. The molecule has 0 bridgehead atoms. The molecule has 1 aromatic heterocycles. The Kier molecular flexibility index (Phi) is 3.82. The number of carbonyl (C=O) groups is 2. The van der Waals surface area contributed by atoms with Gasteiger partial charge in [0.15, 0.2) is 0 Å². The highest BCUT2D eigenvalue weighted by atomic mass is 16.6. The van der Waals surface area contributed by atoms with Gasteiger partial charge >= 0.3 is 17.6 Å². The van der Waals surface area contributed by atoms with E-state index in [1.165, 1.54) is 26.0 Å². The molecule has 0 atom stereocenters. The highest BCUT2D eigenvalue weighted by molar-refractivity contribution is 5.69. The standard InChI is InChI=1S/C10H10O6/c1-6(11)14-5-8-3-4-9(10(13)16-8)15-7(2)12/h3-4H,5H2,1-2H3. The lowest BCUT2D eigenvalue weighted by Crippen LogP contribution is -2.12. The molecule has 0 aliphatic rings. The Morgan fingerprint density at radius 3 is 2.44 bits per heavy atom. The topological polar surface area (TPSA) is 82.8 Å². The van der Waals surface area contributed by atoms with E-state index in [9.17, 15) is 14.4 Å². The lowest BCUT2D eigenvalue weighted by atomic mass is 10.4. The highest BCUT2D eigenvalue weighted by Crippen LogP contribution is 2.07. The van der Waals surface area contributed by atoms with Gasteiger partial charge in [-0.05, 0) is 12.1 Å². The lowest BCUT2D eigenvalue weighted by Gasteiger charge is -2.02. The van der Waals surface area contributed by atoms with Crippen molar-refractivity contribution in [1.29, 1.82) is 0 Å². The minimum absolute atomic E-state index is 0.134. The first-order valence-electron chi connectivity index (χ1n) is 4.44. The van der Waals surface area contributed by atoms with Crippen LogP contribution < -0.4 is 10.4 Å². The van der Waals surface area contributed by atoms with Gasteiger partial charge in [-0.1, -0.05) is 0 Å². The Labute approximate surface area is 90.8 Å². The molecule has 0 unspecified atom stereocenters. The molecule has 0 fully saturated rings. The van der Waals surface area contributed by atoms with E-state index >= 15 is 0 Å². The second kappa shape index (κ2) is 5.11. The average Bonchev–Trinajstić information content (AvgIpc) is 2.18. The van der Waals surface area contributed by atoms with Crippen LogP contribution in [-0.2, 0) is 20.9 Å². The summed E-state index contributed by atoms with van der Waals surface area (Å²) < 4.78 is 13.9. The van der Waals surface area contributed by atoms with Gasteiger partial charge in [-0.2, -0.15) is 0 Å². The third-order valence-corrected chi connectivity index (χ3v) is 1.52. The third kappa shape index (κ3) is 3.56. The van der Waals surface area contributed by atoms with Crippen LogP contribution in [-0.4, -0.2) is 11.9 Å². The third-order valence-electron chi connectivity index (χ3n) is 1.52. The van der Waals surface area contributed by atoms with Crippen molar-refractivity contribution in [1.82, 2.24) is 0 Å². The van der Waals surface area contributed by atoms with Crippen molar-refractivity contribution in [3.8, 4) is 5.75 Å². The molecule has 0 spiro atoms. The minimum Gasteiger partial charge on any atom is -0.458 e. The van der Waals surface area contributed by atoms with Crippen molar-refractivity contribution in [2.75, 3.05) is 0 Å². The van der Waals surface area contributed by atoms with E-state index in [1.807, 2.05) is 0 Å². The van der Waals surface area contributed by atoms with Crippen LogP contribution in [0.15, 0.2) is 21.3 Å². The molecule has 0 amide bonds. The van der Waals surface area contributed by atoms with E-state index in [0.717, 1.165) is 0 Å². The molecule has 0 aromatic carbocycles. The van der Waals surface area contributed by atoms with Crippen LogP contribution in [0.2, 0.25) is 0 Å². The molecule has 1 aromatic rings. The van der Waals surface area contributed by atoms with Crippen LogP contribution in [0, 0.1) is 0 Å². The summed E-state index contributed by atoms with van der Waals surface area (Å²) in [6.45, 7) is 2.28. The first kappa shape index (κ1) is 12.0. The van der Waals surface area contributed by atoms with Crippen molar-refractivity contribution in [3.63, 3.8) is 0 Å². The molecule has 1 rings (SSSR count). The Balaban J connectivity index is 2.78. The van der Waals surface area contributed by atoms with Crippen molar-refractivity contribution in [2.24, 2.45) is 0 Å². The Bertz CT molecular complexity index is 459. The van der Waals surface area contributed by atoms with Gasteiger partial charge < -0.3 is 13.9 Å². The number of hydrogen-bond acceptors (Lipinski definition) is 6. The molecule has 0 aliphatic carbocycles. The summed E-state index contributed by atoms with van der Waals surface area (Å²) in [7, 11) is 0. The molecule has 16 heavy (non-hydrogen) atoms. The summed E-state index contributed by atoms with van der Waals surface area (Å²) in [6.07, 6.45) is 0. The van der Waals surface area contributed by atoms with Gasteiger partial charge in [0.2, 0.25) is 5.75 Å². The predicted octanol–water partition coefficient (Wildman–Crippen LogP) is 0.628. The van der Waals surface area contributed by atoms with Crippen molar-refractivity contribution < 1.29 is 23.5 Å². The van der Waals surface area contributed by atoms with Crippen LogP contribution >= 0.6 is 0 Å². The zero-order chi connectivity index (χ0) is 12.1. The van der Waals surface area contributed by atoms with E-state index in [-0.39, 0.29) is 18.1 Å². The molecule has 0 radical (unpaired) electrons. The number of hydrogen-bond donors (Lipinski definition) is 0. The van der Waals surface area contributed by atoms with Crippen LogP contribution in [0.4, 0.5) is 0 Å². The van der Waals surface area contributed by atoms with Gasteiger partial charge in [0.05, 0.1) is 0 Å². The molecule has 0 saturated carbocycles. The molecule has 1 heterocycles. The first-order chi connectivity index (χ1) is 7.49. The fourth-order valence-electron chi connectivity index (χ4n) is 0.921. The number of esters is 2. The van der Waals surface area contributed by atoms with Gasteiger partial charge in [0.1, 0.15) is 12.4 Å². The number of carbonyl (C=O) groups excluding carboxylic acids is 2. The van der Waals surface area contributed by atoms with Crippen LogP contribution in [0.1, 0.15) is 19.6 Å². The Hall–Kier alpha value is -2.11. The second-order valence-electron chi connectivity index (χ2n) is 2.93. The van der Waals surface area contributed by atoms with E-state index in [1.54, 1.807) is 0 Å². The normalized spacial score (nSPS) is 9.62. The Morgan fingerprint density at radius 2 is 1.94 bits per heavy atom. The van der Waals surface area contributed by atoms with Gasteiger partial charge in [-0.15, -0.1) is 0 Å². The predicted molar refractivity (Wildman–Crippen MR) is 51.8 cm³/mol. The maximum atomic E-state index is 11.2. The molecule has 6 nitrogen and oxygen atoms in total. The van der Waals surface area contributed by atoms with E-state index in [4.69, 9.17) is 4.42 Å². The molecule has 86 valence electrons.